The van der Waals surface area contributed by atoms with Gasteiger partial charge in [-0.15, -0.1) is 0 Å². The lowest BCUT2D eigenvalue weighted by Gasteiger charge is -2.28. The third-order valence-corrected chi connectivity index (χ3v) is 4.91. The van der Waals surface area contributed by atoms with Gasteiger partial charge in [-0.05, 0) is 30.2 Å². The Balaban J connectivity index is 1.44. The molecule has 1 unspecified atom stereocenters. The Morgan fingerprint density at radius 3 is 3.00 bits per heavy atom. The van der Waals surface area contributed by atoms with Crippen LogP contribution in [0.4, 0.5) is 8.78 Å². The van der Waals surface area contributed by atoms with Crippen molar-refractivity contribution in [2.75, 3.05) is 6.61 Å². The summed E-state index contributed by atoms with van der Waals surface area (Å²) in [6.45, 7) is 1.42. The number of hydrogen-bond acceptors (Lipinski definition) is 4. The van der Waals surface area contributed by atoms with E-state index in [1.807, 2.05) is 6.07 Å². The van der Waals surface area contributed by atoms with Crippen LogP contribution in [0.5, 0.6) is 11.6 Å². The van der Waals surface area contributed by atoms with Crippen molar-refractivity contribution in [2.45, 2.75) is 44.4 Å². The van der Waals surface area contributed by atoms with Crippen molar-refractivity contribution in [2.24, 2.45) is 0 Å². The largest absolute Gasteiger partial charge is 0.491 e. The van der Waals surface area contributed by atoms with Crippen molar-refractivity contribution in [3.8, 4) is 11.6 Å². The van der Waals surface area contributed by atoms with Crippen LogP contribution in [0.2, 0.25) is 5.02 Å². The number of carbonyl (C=O) groups excluding carboxylic acids is 1. The summed E-state index contributed by atoms with van der Waals surface area (Å²) in [4.78, 5) is 12.5. The fourth-order valence-corrected chi connectivity index (χ4v) is 3.48. The Labute approximate surface area is 159 Å². The second-order valence-corrected chi connectivity index (χ2v) is 7.32. The van der Waals surface area contributed by atoms with Gasteiger partial charge in [0.05, 0.1) is 6.04 Å². The summed E-state index contributed by atoms with van der Waals surface area (Å²) in [7, 11) is 0. The Kier molecular flexibility index (Phi) is 4.46. The molecular weight excluding hydrogens is 380 g/mol. The minimum absolute atomic E-state index is 0.127. The van der Waals surface area contributed by atoms with E-state index < -0.39 is 17.9 Å². The fraction of sp³-hybridized carbons (Fsp3) is 0.444. The highest BCUT2D eigenvalue weighted by molar-refractivity contribution is 6.30. The predicted octanol–water partition coefficient (Wildman–Crippen LogP) is 3.08. The molecule has 6 nitrogen and oxygen atoms in total. The van der Waals surface area contributed by atoms with Gasteiger partial charge >= 0.3 is 0 Å². The number of hydrogen-bond donors (Lipinski definition) is 1. The molecule has 0 saturated carbocycles. The minimum Gasteiger partial charge on any atom is -0.491 e. The van der Waals surface area contributed by atoms with Crippen LogP contribution in [0.1, 0.15) is 29.4 Å². The second kappa shape index (κ2) is 6.67. The van der Waals surface area contributed by atoms with E-state index in [2.05, 4.69) is 10.4 Å². The van der Waals surface area contributed by atoms with E-state index in [-0.39, 0.29) is 30.6 Å². The van der Waals surface area contributed by atoms with Gasteiger partial charge in [-0.2, -0.15) is 5.10 Å². The molecule has 2 aliphatic rings. The highest BCUT2D eigenvalue weighted by atomic mass is 35.5. The maximum absolute atomic E-state index is 13.5. The first-order valence-corrected chi connectivity index (χ1v) is 9.02. The van der Waals surface area contributed by atoms with E-state index in [0.717, 1.165) is 18.2 Å². The number of aromatic nitrogens is 2. The summed E-state index contributed by atoms with van der Waals surface area (Å²) >= 11 is 6.00. The van der Waals surface area contributed by atoms with E-state index in [1.165, 1.54) is 10.7 Å². The molecule has 0 spiro atoms. The fourth-order valence-electron chi connectivity index (χ4n) is 3.28. The standard InChI is InChI=1S/C18H18ClF2N3O3/c1-18(20,21)15-4-5-24-16(27-15)8-13(23-24)17(25)22-12-7-10-6-11(19)2-3-14(10)26-9-12/h2-3,6,8,12,15H,4-5,7,9H2,1H3,(H,22,25)/t12-,15?/m1/s1. The Hall–Kier alpha value is -2.35. The maximum atomic E-state index is 13.5. The Morgan fingerprint density at radius 2 is 2.22 bits per heavy atom. The summed E-state index contributed by atoms with van der Waals surface area (Å²) in [5.74, 6) is -2.43. The SMILES string of the molecule is CC(F)(F)C1CCn2nc(C(=O)N[C@H]3COc4ccc(Cl)cc4C3)cc2O1. The number of halogens is 3. The van der Waals surface area contributed by atoms with Gasteiger partial charge in [-0.1, -0.05) is 11.6 Å². The van der Waals surface area contributed by atoms with Gasteiger partial charge in [0.1, 0.15) is 12.4 Å². The van der Waals surface area contributed by atoms with Crippen molar-refractivity contribution in [1.82, 2.24) is 15.1 Å². The molecule has 1 aromatic carbocycles. The molecule has 0 saturated heterocycles. The average Bonchev–Trinajstić information content (AvgIpc) is 3.04. The van der Waals surface area contributed by atoms with Crippen LogP contribution in [0, 0.1) is 0 Å². The van der Waals surface area contributed by atoms with Crippen LogP contribution in [-0.2, 0) is 13.0 Å². The van der Waals surface area contributed by atoms with E-state index >= 15 is 0 Å². The third kappa shape index (κ3) is 3.71. The molecule has 0 bridgehead atoms. The molecular formula is C18H18ClF2N3O3. The van der Waals surface area contributed by atoms with Crippen molar-refractivity contribution in [3.05, 3.63) is 40.5 Å². The van der Waals surface area contributed by atoms with Crippen molar-refractivity contribution >= 4 is 17.5 Å². The van der Waals surface area contributed by atoms with Crippen molar-refractivity contribution in [1.29, 1.82) is 0 Å². The molecule has 1 N–H and O–H groups in total. The van der Waals surface area contributed by atoms with Gasteiger partial charge in [0.25, 0.3) is 11.8 Å². The van der Waals surface area contributed by atoms with Crippen LogP contribution in [0.15, 0.2) is 24.3 Å². The van der Waals surface area contributed by atoms with Gasteiger partial charge in [0, 0.05) is 31.0 Å². The molecule has 3 heterocycles. The molecule has 4 rings (SSSR count). The monoisotopic (exact) mass is 397 g/mol. The lowest BCUT2D eigenvalue weighted by atomic mass is 10.0. The van der Waals surface area contributed by atoms with Crippen LogP contribution >= 0.6 is 11.6 Å². The molecule has 2 aromatic rings. The zero-order valence-corrected chi connectivity index (χ0v) is 15.3. The molecule has 0 aliphatic carbocycles. The highest BCUT2D eigenvalue weighted by Gasteiger charge is 2.39. The van der Waals surface area contributed by atoms with Crippen LogP contribution in [0.3, 0.4) is 0 Å². The third-order valence-electron chi connectivity index (χ3n) is 4.67. The number of amides is 1. The number of ether oxygens (including phenoxy) is 2. The van der Waals surface area contributed by atoms with Crippen LogP contribution < -0.4 is 14.8 Å². The summed E-state index contributed by atoms with van der Waals surface area (Å²) < 4.78 is 39.3. The van der Waals surface area contributed by atoms with Gasteiger partial charge in [-0.3, -0.25) is 4.79 Å². The molecule has 2 aliphatic heterocycles. The number of alkyl halides is 2. The Bertz CT molecular complexity index is 881. The molecule has 9 heteroatoms. The second-order valence-electron chi connectivity index (χ2n) is 6.88. The number of rotatable bonds is 3. The smallest absolute Gasteiger partial charge is 0.281 e. The van der Waals surface area contributed by atoms with Crippen LogP contribution in [0.25, 0.3) is 0 Å². The first-order chi connectivity index (χ1) is 12.8. The summed E-state index contributed by atoms with van der Waals surface area (Å²) in [6.07, 6.45) is -0.506. The molecule has 1 amide bonds. The number of carbonyl (C=O) groups is 1. The topological polar surface area (TPSA) is 65.4 Å². The van der Waals surface area contributed by atoms with Crippen molar-refractivity contribution < 1.29 is 23.0 Å². The van der Waals surface area contributed by atoms with E-state index in [0.29, 0.717) is 18.1 Å². The van der Waals surface area contributed by atoms with Gasteiger partial charge < -0.3 is 14.8 Å². The van der Waals surface area contributed by atoms with E-state index in [4.69, 9.17) is 21.1 Å². The van der Waals surface area contributed by atoms with Gasteiger partial charge in [0.15, 0.2) is 11.8 Å². The summed E-state index contributed by atoms with van der Waals surface area (Å²) in [5, 5.41) is 7.63. The quantitative estimate of drug-likeness (QED) is 0.864. The summed E-state index contributed by atoms with van der Waals surface area (Å²) in [6, 6.07) is 6.51. The summed E-state index contributed by atoms with van der Waals surface area (Å²) in [5.41, 5.74) is 1.04. The number of nitrogens with zero attached hydrogens (tertiary/aromatic N) is 2. The molecule has 2 atom stereocenters. The number of benzene rings is 1. The number of nitrogens with one attached hydrogen (secondary N) is 1. The lowest BCUT2D eigenvalue weighted by molar-refractivity contribution is -0.0960. The lowest BCUT2D eigenvalue weighted by Crippen LogP contribution is -2.42. The molecule has 0 fully saturated rings. The van der Waals surface area contributed by atoms with Gasteiger partial charge in [0.2, 0.25) is 5.88 Å². The molecule has 144 valence electrons. The normalized spacial score (nSPS) is 21.5. The average molecular weight is 398 g/mol. The zero-order chi connectivity index (χ0) is 19.2. The maximum Gasteiger partial charge on any atom is 0.281 e. The Morgan fingerprint density at radius 1 is 1.41 bits per heavy atom. The first kappa shape index (κ1) is 18.0. The van der Waals surface area contributed by atoms with Crippen molar-refractivity contribution in [3.63, 3.8) is 0 Å². The van der Waals surface area contributed by atoms with Crippen LogP contribution in [-0.4, -0.2) is 40.4 Å². The number of aryl methyl sites for hydroxylation is 1. The van der Waals surface area contributed by atoms with Gasteiger partial charge in [-0.25, -0.2) is 13.5 Å². The minimum atomic E-state index is -2.95. The highest BCUT2D eigenvalue weighted by Crippen LogP contribution is 2.31. The first-order valence-electron chi connectivity index (χ1n) is 8.64. The zero-order valence-electron chi connectivity index (χ0n) is 14.5. The van der Waals surface area contributed by atoms with E-state index in [1.54, 1.807) is 12.1 Å². The van der Waals surface area contributed by atoms with E-state index in [9.17, 15) is 13.6 Å². The molecule has 0 radical (unpaired) electrons. The molecule has 1 aromatic heterocycles. The number of fused-ring (bicyclic) bond motifs is 2. The predicted molar refractivity (Wildman–Crippen MR) is 93.8 cm³/mol. The molecule has 27 heavy (non-hydrogen) atoms.